The number of nitrogens with one attached hydrogen (secondary N) is 1. The molecule has 2 atom stereocenters. The van der Waals surface area contributed by atoms with Crippen LogP contribution in [0, 0.1) is 12.8 Å². The summed E-state index contributed by atoms with van der Waals surface area (Å²) in [5.74, 6) is -0.465. The number of amides is 2. The molecule has 0 saturated heterocycles. The SMILES string of the molecule is Cc1cc(Cl)ccc1O[C@@H](C)C(=O)N[C@H](C(N)=O)C(C)C. The summed E-state index contributed by atoms with van der Waals surface area (Å²) in [5.41, 5.74) is 6.10. The van der Waals surface area contributed by atoms with Gasteiger partial charge in [0.25, 0.3) is 5.91 Å². The standard InChI is InChI=1S/C15H21ClN2O3/c1-8(2)13(14(17)19)18-15(20)10(4)21-12-6-5-11(16)7-9(12)3/h5-8,10,13H,1-4H3,(H2,17,19)(H,18,20)/t10-,13-/m0/s1. The maximum atomic E-state index is 12.1. The number of ether oxygens (including phenoxy) is 1. The van der Waals surface area contributed by atoms with Gasteiger partial charge in [-0.25, -0.2) is 0 Å². The van der Waals surface area contributed by atoms with Crippen molar-refractivity contribution in [1.29, 1.82) is 0 Å². The van der Waals surface area contributed by atoms with Crippen LogP contribution in [0.2, 0.25) is 5.02 Å². The molecule has 0 aliphatic rings. The Morgan fingerprint density at radius 3 is 2.38 bits per heavy atom. The minimum atomic E-state index is -0.745. The molecule has 0 aromatic heterocycles. The predicted octanol–water partition coefficient (Wildman–Crippen LogP) is 2.04. The van der Waals surface area contributed by atoms with Crippen molar-refractivity contribution in [3.8, 4) is 5.75 Å². The largest absolute Gasteiger partial charge is 0.481 e. The minimum Gasteiger partial charge on any atom is -0.481 e. The predicted molar refractivity (Wildman–Crippen MR) is 82.2 cm³/mol. The Hall–Kier alpha value is -1.75. The van der Waals surface area contributed by atoms with Gasteiger partial charge >= 0.3 is 0 Å². The molecule has 2 amide bonds. The highest BCUT2D eigenvalue weighted by Crippen LogP contribution is 2.22. The van der Waals surface area contributed by atoms with Crippen LogP contribution in [0.25, 0.3) is 0 Å². The molecule has 0 bridgehead atoms. The lowest BCUT2D eigenvalue weighted by atomic mass is 10.0. The normalized spacial score (nSPS) is 13.6. The summed E-state index contributed by atoms with van der Waals surface area (Å²) in [4.78, 5) is 23.4. The van der Waals surface area contributed by atoms with Crippen molar-refractivity contribution in [3.05, 3.63) is 28.8 Å². The maximum Gasteiger partial charge on any atom is 0.261 e. The van der Waals surface area contributed by atoms with E-state index in [0.717, 1.165) is 5.56 Å². The zero-order valence-electron chi connectivity index (χ0n) is 12.6. The molecule has 0 spiro atoms. The van der Waals surface area contributed by atoms with Gasteiger partial charge in [0.1, 0.15) is 11.8 Å². The fraction of sp³-hybridized carbons (Fsp3) is 0.467. The van der Waals surface area contributed by atoms with Gasteiger partial charge in [0.05, 0.1) is 0 Å². The molecule has 0 heterocycles. The molecule has 116 valence electrons. The highest BCUT2D eigenvalue weighted by Gasteiger charge is 2.25. The number of aryl methyl sites for hydroxylation is 1. The minimum absolute atomic E-state index is 0.0871. The summed E-state index contributed by atoms with van der Waals surface area (Å²) in [6, 6.07) is 4.43. The van der Waals surface area contributed by atoms with Crippen LogP contribution in [0.15, 0.2) is 18.2 Å². The van der Waals surface area contributed by atoms with E-state index in [9.17, 15) is 9.59 Å². The van der Waals surface area contributed by atoms with Crippen molar-refractivity contribution in [3.63, 3.8) is 0 Å². The van der Waals surface area contributed by atoms with Gasteiger partial charge in [0, 0.05) is 5.02 Å². The van der Waals surface area contributed by atoms with E-state index in [1.165, 1.54) is 0 Å². The lowest BCUT2D eigenvalue weighted by Crippen LogP contribution is -2.51. The molecule has 1 aromatic carbocycles. The van der Waals surface area contributed by atoms with Gasteiger partial charge in [-0.3, -0.25) is 9.59 Å². The highest BCUT2D eigenvalue weighted by molar-refractivity contribution is 6.30. The van der Waals surface area contributed by atoms with Crippen LogP contribution in [0.4, 0.5) is 0 Å². The van der Waals surface area contributed by atoms with Crippen LogP contribution in [0.3, 0.4) is 0 Å². The molecule has 3 N–H and O–H groups in total. The number of halogens is 1. The van der Waals surface area contributed by atoms with Gasteiger partial charge in [-0.05, 0) is 43.5 Å². The molecule has 21 heavy (non-hydrogen) atoms. The lowest BCUT2D eigenvalue weighted by molar-refractivity contribution is -0.132. The Labute approximate surface area is 129 Å². The number of carbonyl (C=O) groups is 2. The molecule has 0 aliphatic heterocycles. The second-order valence-electron chi connectivity index (χ2n) is 5.30. The molecule has 0 fully saturated rings. The van der Waals surface area contributed by atoms with E-state index < -0.39 is 18.1 Å². The zero-order chi connectivity index (χ0) is 16.2. The number of benzene rings is 1. The van der Waals surface area contributed by atoms with Gasteiger partial charge in [-0.1, -0.05) is 25.4 Å². The Bertz CT molecular complexity index is 532. The first-order valence-electron chi connectivity index (χ1n) is 6.75. The fourth-order valence-electron chi connectivity index (χ4n) is 1.83. The average Bonchev–Trinajstić information content (AvgIpc) is 2.37. The molecular weight excluding hydrogens is 292 g/mol. The number of rotatable bonds is 6. The van der Waals surface area contributed by atoms with E-state index in [0.29, 0.717) is 10.8 Å². The van der Waals surface area contributed by atoms with Gasteiger partial charge in [-0.15, -0.1) is 0 Å². The van der Waals surface area contributed by atoms with Crippen LogP contribution in [0.5, 0.6) is 5.75 Å². The van der Waals surface area contributed by atoms with E-state index >= 15 is 0 Å². The maximum absolute atomic E-state index is 12.1. The fourth-order valence-corrected chi connectivity index (χ4v) is 2.05. The van der Waals surface area contributed by atoms with Crippen molar-refractivity contribution in [2.45, 2.75) is 39.8 Å². The highest BCUT2D eigenvalue weighted by atomic mass is 35.5. The summed E-state index contributed by atoms with van der Waals surface area (Å²) in [5, 5.41) is 3.20. The number of primary amides is 1. The second kappa shape index (κ2) is 7.31. The third-order valence-corrected chi connectivity index (χ3v) is 3.32. The van der Waals surface area contributed by atoms with Gasteiger partial charge in [-0.2, -0.15) is 0 Å². The molecular formula is C15H21ClN2O3. The molecule has 0 radical (unpaired) electrons. The number of hydrogen-bond donors (Lipinski definition) is 2. The number of nitrogens with two attached hydrogens (primary N) is 1. The van der Waals surface area contributed by atoms with Crippen LogP contribution >= 0.6 is 11.6 Å². The van der Waals surface area contributed by atoms with Crippen molar-refractivity contribution in [2.24, 2.45) is 11.7 Å². The lowest BCUT2D eigenvalue weighted by Gasteiger charge is -2.22. The molecule has 5 nitrogen and oxygen atoms in total. The molecule has 0 aliphatic carbocycles. The average molecular weight is 313 g/mol. The van der Waals surface area contributed by atoms with Crippen LogP contribution < -0.4 is 15.8 Å². The first-order chi connectivity index (χ1) is 9.72. The van der Waals surface area contributed by atoms with Crippen molar-refractivity contribution >= 4 is 23.4 Å². The van der Waals surface area contributed by atoms with Gasteiger partial charge in [0.2, 0.25) is 5.91 Å². The van der Waals surface area contributed by atoms with Crippen molar-refractivity contribution < 1.29 is 14.3 Å². The van der Waals surface area contributed by atoms with E-state index in [-0.39, 0.29) is 11.8 Å². The first kappa shape index (κ1) is 17.3. The first-order valence-corrected chi connectivity index (χ1v) is 7.12. The molecule has 1 aromatic rings. The van der Waals surface area contributed by atoms with Crippen LogP contribution in [0.1, 0.15) is 26.3 Å². The third-order valence-electron chi connectivity index (χ3n) is 3.08. The van der Waals surface area contributed by atoms with Crippen molar-refractivity contribution in [1.82, 2.24) is 5.32 Å². The summed E-state index contributed by atoms with van der Waals surface area (Å²) < 4.78 is 5.60. The molecule has 6 heteroatoms. The summed E-state index contributed by atoms with van der Waals surface area (Å²) in [6.07, 6.45) is -0.745. The van der Waals surface area contributed by atoms with Gasteiger partial charge in [0.15, 0.2) is 6.10 Å². The quantitative estimate of drug-likeness (QED) is 0.843. The van der Waals surface area contributed by atoms with Gasteiger partial charge < -0.3 is 15.8 Å². The Kier molecular flexibility index (Phi) is 6.03. The van der Waals surface area contributed by atoms with E-state index in [4.69, 9.17) is 22.1 Å². The summed E-state index contributed by atoms with van der Waals surface area (Å²) in [7, 11) is 0. The summed E-state index contributed by atoms with van der Waals surface area (Å²) >= 11 is 5.87. The molecule has 0 saturated carbocycles. The van der Waals surface area contributed by atoms with E-state index in [2.05, 4.69) is 5.32 Å². The Morgan fingerprint density at radius 1 is 1.29 bits per heavy atom. The smallest absolute Gasteiger partial charge is 0.261 e. The Balaban J connectivity index is 2.72. The summed E-state index contributed by atoms with van der Waals surface area (Å²) in [6.45, 7) is 7.07. The third kappa shape index (κ3) is 4.93. The van der Waals surface area contributed by atoms with E-state index in [1.54, 1.807) is 25.1 Å². The van der Waals surface area contributed by atoms with E-state index in [1.807, 2.05) is 20.8 Å². The monoisotopic (exact) mass is 312 g/mol. The number of carbonyl (C=O) groups excluding carboxylic acids is 2. The second-order valence-corrected chi connectivity index (χ2v) is 5.74. The number of hydrogen-bond acceptors (Lipinski definition) is 3. The van der Waals surface area contributed by atoms with Crippen molar-refractivity contribution in [2.75, 3.05) is 0 Å². The van der Waals surface area contributed by atoms with Crippen LogP contribution in [-0.4, -0.2) is 24.0 Å². The molecule has 1 rings (SSSR count). The topological polar surface area (TPSA) is 81.4 Å². The molecule has 0 unspecified atom stereocenters. The van der Waals surface area contributed by atoms with Crippen LogP contribution in [-0.2, 0) is 9.59 Å². The Morgan fingerprint density at radius 2 is 1.90 bits per heavy atom. The zero-order valence-corrected chi connectivity index (χ0v) is 13.4.